The number of rotatable bonds is 8. The van der Waals surface area contributed by atoms with E-state index in [0.29, 0.717) is 30.3 Å². The number of aromatic nitrogens is 3. The van der Waals surface area contributed by atoms with Crippen LogP contribution in [0.5, 0.6) is 11.5 Å². The molecular weight excluding hydrogens is 460 g/mol. The topological polar surface area (TPSA) is 107 Å². The minimum atomic E-state index is -0.549. The van der Waals surface area contributed by atoms with Crippen LogP contribution in [-0.2, 0) is 13.2 Å². The van der Waals surface area contributed by atoms with E-state index in [-0.39, 0.29) is 22.9 Å². The zero-order valence-corrected chi connectivity index (χ0v) is 20.1. The third-order valence-corrected chi connectivity index (χ3v) is 6.17. The molecule has 0 bridgehead atoms. The molecule has 2 aromatic heterocycles. The molecule has 5 rings (SSSR count). The molecule has 184 valence electrons. The van der Waals surface area contributed by atoms with Gasteiger partial charge in [-0.2, -0.15) is 0 Å². The summed E-state index contributed by atoms with van der Waals surface area (Å²) in [6.45, 7) is 0.724. The number of H-pyrrole nitrogens is 1. The maximum atomic E-state index is 13.1. The van der Waals surface area contributed by atoms with Crippen LogP contribution in [0.3, 0.4) is 0 Å². The highest BCUT2D eigenvalue weighted by atomic mass is 16.5. The van der Waals surface area contributed by atoms with Gasteiger partial charge in [-0.3, -0.25) is 19.1 Å². The van der Waals surface area contributed by atoms with Crippen LogP contribution in [0.1, 0.15) is 40.4 Å². The number of hydrogen-bond donors (Lipinski definition) is 1. The number of ether oxygens (including phenoxy) is 2. The number of carbonyl (C=O) groups is 1. The lowest BCUT2D eigenvalue weighted by atomic mass is 10.1. The minimum Gasteiger partial charge on any atom is -0.493 e. The van der Waals surface area contributed by atoms with Crippen molar-refractivity contribution in [1.82, 2.24) is 19.4 Å². The van der Waals surface area contributed by atoms with Crippen molar-refractivity contribution >= 4 is 16.9 Å². The summed E-state index contributed by atoms with van der Waals surface area (Å²) in [4.78, 5) is 46.0. The molecule has 0 unspecified atom stereocenters. The van der Waals surface area contributed by atoms with Crippen LogP contribution < -0.4 is 20.7 Å². The minimum absolute atomic E-state index is 0.0446. The highest BCUT2D eigenvalue weighted by Gasteiger charge is 2.28. The predicted molar refractivity (Wildman–Crippen MR) is 134 cm³/mol. The van der Waals surface area contributed by atoms with Crippen molar-refractivity contribution in [3.8, 4) is 11.5 Å². The van der Waals surface area contributed by atoms with E-state index in [0.717, 1.165) is 24.0 Å². The van der Waals surface area contributed by atoms with E-state index in [1.165, 1.54) is 21.7 Å². The van der Waals surface area contributed by atoms with E-state index in [1.54, 1.807) is 14.2 Å². The highest BCUT2D eigenvalue weighted by molar-refractivity contribution is 5.96. The van der Waals surface area contributed by atoms with Crippen molar-refractivity contribution in [2.24, 2.45) is 0 Å². The van der Waals surface area contributed by atoms with Crippen molar-refractivity contribution in [3.63, 3.8) is 0 Å². The quantitative estimate of drug-likeness (QED) is 0.410. The Kier molecular flexibility index (Phi) is 6.28. The second-order valence-corrected chi connectivity index (χ2v) is 8.88. The molecule has 9 heteroatoms. The van der Waals surface area contributed by atoms with Crippen LogP contribution in [0.4, 0.5) is 0 Å². The predicted octanol–water partition coefficient (Wildman–Crippen LogP) is 3.28. The molecular formula is C27H26N4O5. The van der Waals surface area contributed by atoms with Crippen LogP contribution >= 0.6 is 0 Å². The molecule has 0 aliphatic heterocycles. The third-order valence-electron chi connectivity index (χ3n) is 6.17. The number of amides is 1. The van der Waals surface area contributed by atoms with Gasteiger partial charge in [0.1, 0.15) is 12.3 Å². The summed E-state index contributed by atoms with van der Waals surface area (Å²) in [5, 5.41) is 0.224. The van der Waals surface area contributed by atoms with Gasteiger partial charge in [-0.15, -0.1) is 0 Å². The first-order chi connectivity index (χ1) is 17.4. The number of hydrogen-bond acceptors (Lipinski definition) is 6. The van der Waals surface area contributed by atoms with Crippen molar-refractivity contribution in [1.29, 1.82) is 0 Å². The molecule has 0 atom stereocenters. The van der Waals surface area contributed by atoms with Crippen molar-refractivity contribution in [2.45, 2.75) is 32.0 Å². The van der Waals surface area contributed by atoms with Gasteiger partial charge in [0.25, 0.3) is 11.5 Å². The van der Waals surface area contributed by atoms with Gasteiger partial charge in [0, 0.05) is 25.8 Å². The van der Waals surface area contributed by atoms with Gasteiger partial charge >= 0.3 is 5.69 Å². The molecule has 36 heavy (non-hydrogen) atoms. The SMILES string of the molecule is COc1cc(CN(C)C(=O)c2cnc3c(c2)c(=O)[nH]c(=O)n3C2CC2)ccc1OCc1ccccc1. The van der Waals surface area contributed by atoms with Gasteiger partial charge in [-0.25, -0.2) is 9.78 Å². The fourth-order valence-corrected chi connectivity index (χ4v) is 4.16. The van der Waals surface area contributed by atoms with E-state index >= 15 is 0 Å². The van der Waals surface area contributed by atoms with Crippen molar-refractivity contribution in [2.75, 3.05) is 14.2 Å². The average molecular weight is 487 g/mol. The van der Waals surface area contributed by atoms with Crippen LogP contribution in [0.25, 0.3) is 11.0 Å². The van der Waals surface area contributed by atoms with Crippen LogP contribution in [0.2, 0.25) is 0 Å². The molecule has 4 aromatic rings. The summed E-state index contributed by atoms with van der Waals surface area (Å²) in [6, 6.07) is 16.9. The molecule has 1 N–H and O–H groups in total. The smallest absolute Gasteiger partial charge is 0.330 e. The van der Waals surface area contributed by atoms with E-state index < -0.39 is 11.2 Å². The zero-order chi connectivity index (χ0) is 25.2. The summed E-state index contributed by atoms with van der Waals surface area (Å²) < 4.78 is 12.9. The molecule has 2 heterocycles. The number of nitrogens with zero attached hydrogens (tertiary/aromatic N) is 3. The Morgan fingerprint density at radius 1 is 1.08 bits per heavy atom. The van der Waals surface area contributed by atoms with Crippen LogP contribution in [0.15, 0.2) is 70.4 Å². The maximum absolute atomic E-state index is 13.1. The first kappa shape index (κ1) is 23.3. The average Bonchev–Trinajstić information content (AvgIpc) is 3.73. The monoisotopic (exact) mass is 486 g/mol. The number of pyridine rings is 1. The van der Waals surface area contributed by atoms with E-state index in [2.05, 4.69) is 9.97 Å². The molecule has 1 fully saturated rings. The van der Waals surface area contributed by atoms with Gasteiger partial charge in [-0.1, -0.05) is 36.4 Å². The Bertz CT molecular complexity index is 1540. The molecule has 1 amide bonds. The molecule has 1 aliphatic carbocycles. The van der Waals surface area contributed by atoms with Gasteiger partial charge in [0.15, 0.2) is 11.5 Å². The largest absolute Gasteiger partial charge is 0.493 e. The second-order valence-electron chi connectivity index (χ2n) is 8.88. The molecule has 1 saturated carbocycles. The van der Waals surface area contributed by atoms with Gasteiger partial charge < -0.3 is 14.4 Å². The number of benzene rings is 2. The number of fused-ring (bicyclic) bond motifs is 1. The normalized spacial score (nSPS) is 12.9. The summed E-state index contributed by atoms with van der Waals surface area (Å²) in [6.07, 6.45) is 3.15. The summed E-state index contributed by atoms with van der Waals surface area (Å²) >= 11 is 0. The van der Waals surface area contributed by atoms with Gasteiger partial charge in [-0.05, 0) is 42.2 Å². The first-order valence-corrected chi connectivity index (χ1v) is 11.7. The van der Waals surface area contributed by atoms with Gasteiger partial charge in [0.2, 0.25) is 0 Å². The molecule has 0 saturated heterocycles. The van der Waals surface area contributed by atoms with Crippen LogP contribution in [-0.4, -0.2) is 39.5 Å². The molecule has 1 aliphatic rings. The lowest BCUT2D eigenvalue weighted by Crippen LogP contribution is -2.31. The third kappa shape index (κ3) is 4.72. The molecule has 2 aromatic carbocycles. The van der Waals surface area contributed by atoms with Crippen molar-refractivity contribution in [3.05, 3.63) is 98.3 Å². The van der Waals surface area contributed by atoms with Crippen LogP contribution in [0, 0.1) is 0 Å². The van der Waals surface area contributed by atoms with Gasteiger partial charge in [0.05, 0.1) is 18.1 Å². The van der Waals surface area contributed by atoms with Crippen molar-refractivity contribution < 1.29 is 14.3 Å². The number of carbonyl (C=O) groups excluding carboxylic acids is 1. The Morgan fingerprint density at radius 3 is 2.58 bits per heavy atom. The number of methoxy groups -OCH3 is 1. The standard InChI is InChI=1S/C27H26N4O5/c1-30(15-18-8-11-22(23(12-18)35-2)36-16-17-6-4-3-5-7-17)26(33)19-13-21-24(28-14-19)31(20-9-10-20)27(34)29-25(21)32/h3-8,11-14,20H,9-10,15-16H2,1-2H3,(H,29,32,34). The van der Waals surface area contributed by atoms with E-state index in [4.69, 9.17) is 9.47 Å². The zero-order valence-electron chi connectivity index (χ0n) is 20.1. The highest BCUT2D eigenvalue weighted by Crippen LogP contribution is 2.34. The number of aromatic amines is 1. The fourth-order valence-electron chi connectivity index (χ4n) is 4.16. The Morgan fingerprint density at radius 2 is 1.86 bits per heavy atom. The molecule has 9 nitrogen and oxygen atoms in total. The lowest BCUT2D eigenvalue weighted by Gasteiger charge is -2.19. The summed E-state index contributed by atoms with van der Waals surface area (Å²) in [5.41, 5.74) is 1.46. The molecule has 0 spiro atoms. The van der Waals surface area contributed by atoms with E-state index in [1.807, 2.05) is 48.5 Å². The lowest BCUT2D eigenvalue weighted by molar-refractivity contribution is 0.0784. The molecule has 0 radical (unpaired) electrons. The summed E-state index contributed by atoms with van der Waals surface area (Å²) in [5.74, 6) is 0.885. The number of nitrogens with one attached hydrogen (secondary N) is 1. The maximum Gasteiger partial charge on any atom is 0.330 e. The Balaban J connectivity index is 1.33. The Hall–Kier alpha value is -4.40. The second kappa shape index (κ2) is 9.69. The first-order valence-electron chi connectivity index (χ1n) is 11.7. The Labute approximate surface area is 206 Å². The fraction of sp³-hybridized carbons (Fsp3) is 0.259. The summed E-state index contributed by atoms with van der Waals surface area (Å²) in [7, 11) is 3.25. The van der Waals surface area contributed by atoms with E-state index in [9.17, 15) is 14.4 Å².